The van der Waals surface area contributed by atoms with Gasteiger partial charge in [-0.05, 0) is 110 Å². The number of benzene rings is 9. The Balaban J connectivity index is 1.16. The van der Waals surface area contributed by atoms with E-state index < -0.39 is 5.41 Å². The number of furan rings is 1. The van der Waals surface area contributed by atoms with Gasteiger partial charge in [0.05, 0.1) is 33.2 Å². The van der Waals surface area contributed by atoms with E-state index >= 15 is 0 Å². The summed E-state index contributed by atoms with van der Waals surface area (Å²) in [6.45, 7) is 6.90. The van der Waals surface area contributed by atoms with Crippen LogP contribution in [0.4, 0.5) is 0 Å². The molecule has 2 aliphatic rings. The Morgan fingerprint density at radius 1 is 0.419 bits per heavy atom. The van der Waals surface area contributed by atoms with Crippen LogP contribution < -0.4 is 0 Å². The number of rotatable bonds is 2. The lowest BCUT2D eigenvalue weighted by Gasteiger charge is -2.31. The highest BCUT2D eigenvalue weighted by Crippen LogP contribution is 2.65. The molecule has 12 aromatic rings. The maximum atomic E-state index is 7.12. The normalized spacial score (nSPS) is 13.9. The Morgan fingerprint density at radius 3 is 1.63 bits per heavy atom. The van der Waals surface area contributed by atoms with Gasteiger partial charge in [0.1, 0.15) is 5.58 Å². The van der Waals surface area contributed by atoms with E-state index in [0.717, 1.165) is 44.3 Å². The first-order valence-electron chi connectivity index (χ1n) is 21.8. The van der Waals surface area contributed by atoms with Gasteiger partial charge in [-0.3, -0.25) is 0 Å². The molecule has 0 saturated heterocycles. The zero-order valence-electron chi connectivity index (χ0n) is 34.7. The van der Waals surface area contributed by atoms with Crippen molar-refractivity contribution in [1.82, 2.24) is 9.13 Å². The molecule has 1 spiro atoms. The SMILES string of the molecule is CC(C)(C)c1ccc2c(c1)c1ccccc1n2-c1ccc2c(c1)C1(c3ccccc3-c3ccccc31)c1cc(-n3c4ccccc4c4ccccc43)c3oc4ccccc4c3c1-2. The van der Waals surface area contributed by atoms with Crippen LogP contribution >= 0.6 is 0 Å². The third kappa shape index (κ3) is 4.16. The number of hydrogen-bond donors (Lipinski definition) is 0. The molecule has 0 aliphatic heterocycles. The second kappa shape index (κ2) is 11.8. The van der Waals surface area contributed by atoms with Crippen LogP contribution in [0.3, 0.4) is 0 Å². The molecule has 3 aromatic heterocycles. The van der Waals surface area contributed by atoms with Crippen LogP contribution in [0.1, 0.15) is 48.6 Å². The van der Waals surface area contributed by atoms with E-state index in [2.05, 4.69) is 218 Å². The topological polar surface area (TPSA) is 23.0 Å². The molecule has 3 heteroatoms. The lowest BCUT2D eigenvalue weighted by Crippen LogP contribution is -2.26. The van der Waals surface area contributed by atoms with Crippen molar-refractivity contribution in [3.8, 4) is 33.6 Å². The van der Waals surface area contributed by atoms with Crippen molar-refractivity contribution in [3.63, 3.8) is 0 Å². The largest absolute Gasteiger partial charge is 0.454 e. The molecule has 0 fully saturated rings. The molecule has 0 N–H and O–H groups in total. The van der Waals surface area contributed by atoms with Crippen molar-refractivity contribution in [2.24, 2.45) is 0 Å². The Morgan fingerprint density at radius 2 is 0.968 bits per heavy atom. The predicted octanol–water partition coefficient (Wildman–Crippen LogP) is 15.4. The lowest BCUT2D eigenvalue weighted by molar-refractivity contribution is 0.591. The van der Waals surface area contributed by atoms with Gasteiger partial charge in [0.25, 0.3) is 0 Å². The van der Waals surface area contributed by atoms with Crippen molar-refractivity contribution >= 4 is 65.6 Å². The zero-order chi connectivity index (χ0) is 41.1. The average Bonchev–Trinajstić information content (AvgIpc) is 4.09. The minimum atomic E-state index is -0.605. The maximum absolute atomic E-state index is 7.12. The summed E-state index contributed by atoms with van der Waals surface area (Å²) in [7, 11) is 0. The molecule has 14 rings (SSSR count). The van der Waals surface area contributed by atoms with Crippen LogP contribution in [0.2, 0.25) is 0 Å². The third-order valence-corrected chi connectivity index (χ3v) is 14.3. The lowest BCUT2D eigenvalue weighted by atomic mass is 9.70. The first kappa shape index (κ1) is 34.1. The average molecular weight is 793 g/mol. The van der Waals surface area contributed by atoms with Gasteiger partial charge in [-0.15, -0.1) is 0 Å². The summed E-state index contributed by atoms with van der Waals surface area (Å²) in [6, 6.07) is 70.3. The van der Waals surface area contributed by atoms with Crippen LogP contribution in [0.5, 0.6) is 0 Å². The smallest absolute Gasteiger partial charge is 0.160 e. The van der Waals surface area contributed by atoms with E-state index in [4.69, 9.17) is 4.42 Å². The molecule has 0 bridgehead atoms. The standard InChI is InChI=1S/C59H40N2O/c1-58(2,3)35-28-31-52-44(32-35)41-20-8-12-24-49(41)60(52)36-29-30-42-47(33-36)59(45-22-10-4-16-37(45)38-17-5-11-23-46(38)59)48-34-53(57-56(55(42)48)43-21-9-15-27-54(43)62-57)61-50-25-13-6-18-39(50)40-19-7-14-26-51(40)61/h4-34H,1-3H3. The van der Waals surface area contributed by atoms with Gasteiger partial charge >= 0.3 is 0 Å². The molecule has 0 amide bonds. The zero-order valence-corrected chi connectivity index (χ0v) is 34.7. The minimum absolute atomic E-state index is 0.0348. The summed E-state index contributed by atoms with van der Waals surface area (Å²) in [5, 5.41) is 7.30. The van der Waals surface area contributed by atoms with Crippen LogP contribution in [-0.2, 0) is 10.8 Å². The quantitative estimate of drug-likeness (QED) is 0.171. The van der Waals surface area contributed by atoms with Crippen molar-refractivity contribution < 1.29 is 4.42 Å². The number of fused-ring (bicyclic) bond motifs is 20. The molecule has 9 aromatic carbocycles. The van der Waals surface area contributed by atoms with Crippen molar-refractivity contribution in [3.05, 3.63) is 216 Å². The van der Waals surface area contributed by atoms with Gasteiger partial charge in [-0.25, -0.2) is 0 Å². The second-order valence-corrected chi connectivity index (χ2v) is 18.4. The Labute approximate surface area is 358 Å². The summed E-state index contributed by atoms with van der Waals surface area (Å²) in [5.74, 6) is 0. The van der Waals surface area contributed by atoms with Gasteiger partial charge in [-0.2, -0.15) is 0 Å². The van der Waals surface area contributed by atoms with Crippen molar-refractivity contribution in [1.29, 1.82) is 0 Å². The van der Waals surface area contributed by atoms with Gasteiger partial charge in [0, 0.05) is 38.0 Å². The summed E-state index contributed by atoms with van der Waals surface area (Å²) >= 11 is 0. The summed E-state index contributed by atoms with van der Waals surface area (Å²) < 4.78 is 12.1. The van der Waals surface area contributed by atoms with E-state index in [9.17, 15) is 0 Å². The predicted molar refractivity (Wildman–Crippen MR) is 257 cm³/mol. The first-order valence-corrected chi connectivity index (χ1v) is 21.8. The van der Waals surface area contributed by atoms with Gasteiger partial charge in [-0.1, -0.05) is 154 Å². The summed E-state index contributed by atoms with van der Waals surface area (Å²) in [6.07, 6.45) is 0. The van der Waals surface area contributed by atoms with Crippen LogP contribution in [0.25, 0.3) is 99.2 Å². The molecule has 0 radical (unpaired) electrons. The Hall–Kier alpha value is -7.62. The summed E-state index contributed by atoms with van der Waals surface area (Å²) in [4.78, 5) is 0. The van der Waals surface area contributed by atoms with Crippen molar-refractivity contribution in [2.45, 2.75) is 31.6 Å². The van der Waals surface area contributed by atoms with E-state index in [0.29, 0.717) is 0 Å². The van der Waals surface area contributed by atoms with Crippen LogP contribution in [-0.4, -0.2) is 9.13 Å². The molecule has 2 aliphatic carbocycles. The fourth-order valence-corrected chi connectivity index (χ4v) is 11.7. The molecule has 0 saturated carbocycles. The van der Waals surface area contributed by atoms with Gasteiger partial charge < -0.3 is 13.6 Å². The highest BCUT2D eigenvalue weighted by Gasteiger charge is 2.53. The van der Waals surface area contributed by atoms with E-state index in [1.54, 1.807) is 0 Å². The monoisotopic (exact) mass is 792 g/mol. The molecule has 3 heterocycles. The summed E-state index contributed by atoms with van der Waals surface area (Å²) in [5.41, 5.74) is 19.8. The fourth-order valence-electron chi connectivity index (χ4n) is 11.7. The first-order chi connectivity index (χ1) is 30.4. The third-order valence-electron chi connectivity index (χ3n) is 14.3. The fraction of sp³-hybridized carbons (Fsp3) is 0.0847. The van der Waals surface area contributed by atoms with Crippen molar-refractivity contribution in [2.75, 3.05) is 0 Å². The van der Waals surface area contributed by atoms with E-state index in [1.165, 1.54) is 82.6 Å². The molecule has 0 unspecified atom stereocenters. The molecule has 0 atom stereocenters. The van der Waals surface area contributed by atoms with Gasteiger partial charge in [0.15, 0.2) is 5.58 Å². The second-order valence-electron chi connectivity index (χ2n) is 18.4. The molecule has 3 nitrogen and oxygen atoms in total. The molecular weight excluding hydrogens is 753 g/mol. The molecule has 62 heavy (non-hydrogen) atoms. The highest BCUT2D eigenvalue weighted by atomic mass is 16.3. The maximum Gasteiger partial charge on any atom is 0.160 e. The number of nitrogens with zero attached hydrogens (tertiary/aromatic N) is 2. The molecule has 292 valence electrons. The number of aromatic nitrogens is 2. The molecular formula is C59H40N2O. The van der Waals surface area contributed by atoms with Crippen LogP contribution in [0, 0.1) is 0 Å². The Bertz CT molecular complexity index is 3820. The number of hydrogen-bond acceptors (Lipinski definition) is 1. The highest BCUT2D eigenvalue weighted by molar-refractivity contribution is 6.20. The van der Waals surface area contributed by atoms with E-state index in [-0.39, 0.29) is 5.41 Å². The number of para-hydroxylation sites is 4. The minimum Gasteiger partial charge on any atom is -0.454 e. The Kier molecular flexibility index (Phi) is 6.50. The van der Waals surface area contributed by atoms with E-state index in [1.807, 2.05) is 0 Å². The van der Waals surface area contributed by atoms with Gasteiger partial charge in [0.2, 0.25) is 0 Å². The van der Waals surface area contributed by atoms with Crippen LogP contribution in [0.15, 0.2) is 192 Å².